The summed E-state index contributed by atoms with van der Waals surface area (Å²) in [7, 11) is -1.87. The number of methoxy groups -OCH3 is 1. The standard InChI is InChI=1S/C21H31NO3S/c1-14-7-20(15(2)6-19(14)25-3)26(23,24)22-5-4-21-11-16-8-17(12-21)10-18(9-16)13-21/h6-7,16-18,22H,4-5,8-13H2,1-3H3. The van der Waals surface area contributed by atoms with Crippen LogP contribution in [-0.2, 0) is 10.0 Å². The molecule has 0 amide bonds. The SMILES string of the molecule is COc1cc(C)c(S(=O)(=O)NCCC23CC4CC(CC(C4)C2)C3)cc1C. The van der Waals surface area contributed by atoms with Gasteiger partial charge in [0.05, 0.1) is 12.0 Å². The third-order valence-corrected chi connectivity index (χ3v) is 8.70. The molecule has 144 valence electrons. The Balaban J connectivity index is 1.44. The summed E-state index contributed by atoms with van der Waals surface area (Å²) in [5.74, 6) is 3.45. The van der Waals surface area contributed by atoms with Crippen molar-refractivity contribution in [3.8, 4) is 5.75 Å². The second-order valence-electron chi connectivity index (χ2n) is 9.15. The molecule has 4 saturated carbocycles. The van der Waals surface area contributed by atoms with Gasteiger partial charge in [-0.05, 0) is 105 Å². The van der Waals surface area contributed by atoms with E-state index in [9.17, 15) is 8.42 Å². The van der Waals surface area contributed by atoms with Crippen LogP contribution in [0.4, 0.5) is 0 Å². The van der Waals surface area contributed by atoms with Crippen molar-refractivity contribution in [2.24, 2.45) is 23.2 Å². The molecule has 0 heterocycles. The van der Waals surface area contributed by atoms with E-state index in [1.54, 1.807) is 13.2 Å². The third-order valence-electron chi connectivity index (χ3n) is 7.09. The molecule has 4 aliphatic rings. The average molecular weight is 378 g/mol. The maximum absolute atomic E-state index is 12.8. The van der Waals surface area contributed by atoms with E-state index >= 15 is 0 Å². The summed E-state index contributed by atoms with van der Waals surface area (Å²) >= 11 is 0. The van der Waals surface area contributed by atoms with Crippen LogP contribution in [0.2, 0.25) is 0 Å². The zero-order valence-electron chi connectivity index (χ0n) is 16.2. The highest BCUT2D eigenvalue weighted by Crippen LogP contribution is 2.61. The van der Waals surface area contributed by atoms with Crippen LogP contribution in [-0.4, -0.2) is 22.1 Å². The molecule has 0 aliphatic heterocycles. The van der Waals surface area contributed by atoms with Crippen LogP contribution in [0.15, 0.2) is 17.0 Å². The second kappa shape index (κ2) is 6.52. The molecule has 26 heavy (non-hydrogen) atoms. The number of hydrogen-bond acceptors (Lipinski definition) is 3. The first-order valence-corrected chi connectivity index (χ1v) is 11.4. The molecule has 1 N–H and O–H groups in total. The fraction of sp³-hybridized carbons (Fsp3) is 0.714. The lowest BCUT2D eigenvalue weighted by Gasteiger charge is -2.57. The van der Waals surface area contributed by atoms with Gasteiger partial charge in [0.1, 0.15) is 5.75 Å². The van der Waals surface area contributed by atoms with Gasteiger partial charge in [-0.15, -0.1) is 0 Å². The highest BCUT2D eigenvalue weighted by atomic mass is 32.2. The molecular weight excluding hydrogens is 346 g/mol. The molecule has 0 radical (unpaired) electrons. The van der Waals surface area contributed by atoms with Crippen LogP contribution in [0, 0.1) is 37.0 Å². The van der Waals surface area contributed by atoms with Gasteiger partial charge in [0.25, 0.3) is 0 Å². The second-order valence-corrected chi connectivity index (χ2v) is 10.9. The molecular formula is C21H31NO3S. The molecule has 4 fully saturated rings. The largest absolute Gasteiger partial charge is 0.496 e. The number of benzene rings is 1. The predicted molar refractivity (Wildman–Crippen MR) is 103 cm³/mol. The maximum atomic E-state index is 12.8. The fourth-order valence-electron chi connectivity index (χ4n) is 6.40. The van der Waals surface area contributed by atoms with Crippen molar-refractivity contribution in [1.82, 2.24) is 4.72 Å². The van der Waals surface area contributed by atoms with Crippen LogP contribution in [0.3, 0.4) is 0 Å². The number of ether oxygens (including phenoxy) is 1. The van der Waals surface area contributed by atoms with E-state index in [4.69, 9.17) is 4.74 Å². The number of rotatable bonds is 6. The van der Waals surface area contributed by atoms with E-state index in [-0.39, 0.29) is 0 Å². The highest BCUT2D eigenvalue weighted by molar-refractivity contribution is 7.89. The Labute approximate surface area is 157 Å². The topological polar surface area (TPSA) is 55.4 Å². The molecule has 5 rings (SSSR count). The van der Waals surface area contributed by atoms with E-state index in [1.807, 2.05) is 19.9 Å². The molecule has 4 aliphatic carbocycles. The van der Waals surface area contributed by atoms with Gasteiger partial charge in [0, 0.05) is 6.54 Å². The van der Waals surface area contributed by atoms with Crippen molar-refractivity contribution in [1.29, 1.82) is 0 Å². The van der Waals surface area contributed by atoms with E-state index < -0.39 is 10.0 Å². The molecule has 4 bridgehead atoms. The van der Waals surface area contributed by atoms with E-state index in [0.717, 1.165) is 41.1 Å². The summed E-state index contributed by atoms with van der Waals surface area (Å²) in [6, 6.07) is 3.53. The Morgan fingerprint density at radius 1 is 1.04 bits per heavy atom. The zero-order valence-corrected chi connectivity index (χ0v) is 17.0. The van der Waals surface area contributed by atoms with Crippen LogP contribution in [0.25, 0.3) is 0 Å². The first kappa shape index (κ1) is 18.3. The van der Waals surface area contributed by atoms with Crippen LogP contribution >= 0.6 is 0 Å². The zero-order chi connectivity index (χ0) is 18.5. The highest BCUT2D eigenvalue weighted by Gasteiger charge is 2.50. The Kier molecular flexibility index (Phi) is 4.59. The molecule has 0 atom stereocenters. The van der Waals surface area contributed by atoms with Crippen molar-refractivity contribution in [3.05, 3.63) is 23.3 Å². The Morgan fingerprint density at radius 2 is 1.62 bits per heavy atom. The average Bonchev–Trinajstić information content (AvgIpc) is 2.54. The number of aryl methyl sites for hydroxylation is 2. The molecule has 5 heteroatoms. The van der Waals surface area contributed by atoms with E-state index in [1.165, 1.54) is 38.5 Å². The Hall–Kier alpha value is -1.07. The lowest BCUT2D eigenvalue weighted by atomic mass is 9.49. The van der Waals surface area contributed by atoms with E-state index in [2.05, 4.69) is 4.72 Å². The Bertz CT molecular complexity index is 764. The first-order valence-electron chi connectivity index (χ1n) is 9.95. The summed E-state index contributed by atoms with van der Waals surface area (Å²) in [6.45, 7) is 4.27. The van der Waals surface area contributed by atoms with Gasteiger partial charge in [0.15, 0.2) is 0 Å². The lowest BCUT2D eigenvalue weighted by molar-refractivity contribution is -0.0561. The quantitative estimate of drug-likeness (QED) is 0.808. The summed E-state index contributed by atoms with van der Waals surface area (Å²) in [6.07, 6.45) is 9.23. The summed E-state index contributed by atoms with van der Waals surface area (Å²) in [5, 5.41) is 0. The van der Waals surface area contributed by atoms with Gasteiger partial charge in [-0.25, -0.2) is 13.1 Å². The van der Waals surface area contributed by atoms with Crippen molar-refractivity contribution >= 4 is 10.0 Å². The molecule has 0 saturated heterocycles. The van der Waals surface area contributed by atoms with Gasteiger partial charge in [0.2, 0.25) is 10.0 Å². The van der Waals surface area contributed by atoms with Gasteiger partial charge >= 0.3 is 0 Å². The smallest absolute Gasteiger partial charge is 0.240 e. The molecule has 0 spiro atoms. The lowest BCUT2D eigenvalue weighted by Crippen LogP contribution is -2.47. The monoisotopic (exact) mass is 377 g/mol. The Morgan fingerprint density at radius 3 is 2.15 bits per heavy atom. The van der Waals surface area contributed by atoms with Gasteiger partial charge in [-0.2, -0.15) is 0 Å². The van der Waals surface area contributed by atoms with Gasteiger partial charge < -0.3 is 4.74 Å². The maximum Gasteiger partial charge on any atom is 0.240 e. The molecule has 1 aromatic rings. The van der Waals surface area contributed by atoms with Crippen molar-refractivity contribution < 1.29 is 13.2 Å². The minimum atomic E-state index is -3.48. The first-order chi connectivity index (χ1) is 12.3. The molecule has 0 aromatic heterocycles. The van der Waals surface area contributed by atoms with Crippen LogP contribution in [0.5, 0.6) is 5.75 Å². The molecule has 4 nitrogen and oxygen atoms in total. The van der Waals surface area contributed by atoms with Gasteiger partial charge in [-0.3, -0.25) is 0 Å². The van der Waals surface area contributed by atoms with E-state index in [0.29, 0.717) is 16.9 Å². The predicted octanol–water partition coefficient (Wildman–Crippen LogP) is 4.20. The third kappa shape index (κ3) is 3.29. The fourth-order valence-corrected chi connectivity index (χ4v) is 7.74. The van der Waals surface area contributed by atoms with Gasteiger partial charge in [-0.1, -0.05) is 0 Å². The van der Waals surface area contributed by atoms with Crippen molar-refractivity contribution in [2.75, 3.05) is 13.7 Å². The van der Waals surface area contributed by atoms with Crippen molar-refractivity contribution in [2.45, 2.75) is 63.7 Å². The molecule has 0 unspecified atom stereocenters. The minimum Gasteiger partial charge on any atom is -0.496 e. The number of sulfonamides is 1. The summed E-state index contributed by atoms with van der Waals surface area (Å²) in [5.41, 5.74) is 1.98. The normalized spacial score (nSPS) is 32.8. The minimum absolute atomic E-state index is 0.376. The van der Waals surface area contributed by atoms with Crippen LogP contribution in [0.1, 0.15) is 56.1 Å². The number of nitrogens with one attached hydrogen (secondary N) is 1. The molecule has 1 aromatic carbocycles. The van der Waals surface area contributed by atoms with Crippen molar-refractivity contribution in [3.63, 3.8) is 0 Å². The summed E-state index contributed by atoms with van der Waals surface area (Å²) < 4.78 is 33.9. The number of hydrogen-bond donors (Lipinski definition) is 1. The summed E-state index contributed by atoms with van der Waals surface area (Å²) in [4.78, 5) is 0.376. The van der Waals surface area contributed by atoms with Crippen LogP contribution < -0.4 is 9.46 Å².